The van der Waals surface area contributed by atoms with E-state index < -0.39 is 11.7 Å². The van der Waals surface area contributed by atoms with Gasteiger partial charge in [0.1, 0.15) is 0 Å². The number of allylic oxidation sites excluding steroid dienone is 2. The number of aromatic nitrogens is 1. The van der Waals surface area contributed by atoms with Gasteiger partial charge in [-0.1, -0.05) is 6.08 Å². The molecule has 0 N–H and O–H groups in total. The fraction of sp³-hybridized carbons (Fsp3) is 0.222. The zero-order valence-corrected chi connectivity index (χ0v) is 6.97. The van der Waals surface area contributed by atoms with E-state index in [0.29, 0.717) is 0 Å². The number of hydrogen-bond acceptors (Lipinski definition) is 1. The van der Waals surface area contributed by atoms with E-state index in [1.165, 1.54) is 31.5 Å². The van der Waals surface area contributed by atoms with Gasteiger partial charge in [0.25, 0.3) is 0 Å². The van der Waals surface area contributed by atoms with Crippen LogP contribution in [0.1, 0.15) is 12.5 Å². The van der Waals surface area contributed by atoms with E-state index in [9.17, 15) is 13.2 Å². The second-order valence-electron chi connectivity index (χ2n) is 2.44. The van der Waals surface area contributed by atoms with E-state index in [4.69, 9.17) is 0 Å². The second kappa shape index (κ2) is 3.60. The smallest absolute Gasteiger partial charge is 0.265 e. The van der Waals surface area contributed by atoms with Crippen molar-refractivity contribution < 1.29 is 13.2 Å². The predicted octanol–water partition coefficient (Wildman–Crippen LogP) is 3.05. The summed E-state index contributed by atoms with van der Waals surface area (Å²) in [5.74, 6) is 0. The van der Waals surface area contributed by atoms with Crippen molar-refractivity contribution in [2.45, 2.75) is 13.1 Å². The van der Waals surface area contributed by atoms with Gasteiger partial charge >= 0.3 is 6.18 Å². The van der Waals surface area contributed by atoms with Gasteiger partial charge in [-0.15, -0.1) is 0 Å². The summed E-state index contributed by atoms with van der Waals surface area (Å²) in [6.07, 6.45) is -0.569. The lowest BCUT2D eigenvalue weighted by Gasteiger charge is -2.10. The molecule has 0 radical (unpaired) electrons. The van der Waals surface area contributed by atoms with Crippen LogP contribution in [0.5, 0.6) is 0 Å². The maximum absolute atomic E-state index is 12.3. The molecule has 0 aromatic carbocycles. The third-order valence-electron chi connectivity index (χ3n) is 1.59. The molecule has 4 heteroatoms. The molecular formula is C9H8F3N. The molecule has 70 valence electrons. The molecule has 0 spiro atoms. The molecule has 0 aliphatic heterocycles. The highest BCUT2D eigenvalue weighted by Crippen LogP contribution is 2.32. The van der Waals surface area contributed by atoms with Crippen LogP contribution in [0.4, 0.5) is 13.2 Å². The molecule has 0 amide bonds. The minimum atomic E-state index is -4.30. The van der Waals surface area contributed by atoms with Crippen LogP contribution in [0.25, 0.3) is 5.57 Å². The van der Waals surface area contributed by atoms with Crippen molar-refractivity contribution in [2.24, 2.45) is 0 Å². The average Bonchev–Trinajstić information content (AvgIpc) is 2.05. The Morgan fingerprint density at radius 2 is 1.85 bits per heavy atom. The highest BCUT2D eigenvalue weighted by Gasteiger charge is 2.33. The van der Waals surface area contributed by atoms with Gasteiger partial charge < -0.3 is 0 Å². The van der Waals surface area contributed by atoms with Crippen LogP contribution in [0, 0.1) is 0 Å². The van der Waals surface area contributed by atoms with Gasteiger partial charge in [-0.2, -0.15) is 13.2 Å². The Morgan fingerprint density at radius 1 is 1.31 bits per heavy atom. The van der Waals surface area contributed by atoms with Crippen LogP contribution in [-0.2, 0) is 0 Å². The third-order valence-corrected chi connectivity index (χ3v) is 1.59. The predicted molar refractivity (Wildman–Crippen MR) is 43.9 cm³/mol. The van der Waals surface area contributed by atoms with E-state index >= 15 is 0 Å². The number of pyridine rings is 1. The summed E-state index contributed by atoms with van der Waals surface area (Å²) in [6, 6.07) is 2.67. The quantitative estimate of drug-likeness (QED) is 0.658. The van der Waals surface area contributed by atoms with Gasteiger partial charge in [-0.25, -0.2) is 0 Å². The van der Waals surface area contributed by atoms with Crippen LogP contribution in [0.3, 0.4) is 0 Å². The van der Waals surface area contributed by atoms with Gasteiger partial charge in [0.15, 0.2) is 0 Å². The molecular weight excluding hydrogens is 179 g/mol. The maximum atomic E-state index is 12.3. The van der Waals surface area contributed by atoms with Gasteiger partial charge in [0.2, 0.25) is 0 Å². The summed E-state index contributed by atoms with van der Waals surface area (Å²) < 4.78 is 37.0. The zero-order chi connectivity index (χ0) is 9.90. The van der Waals surface area contributed by atoms with Crippen molar-refractivity contribution in [3.63, 3.8) is 0 Å². The fourth-order valence-electron chi connectivity index (χ4n) is 1.03. The van der Waals surface area contributed by atoms with Gasteiger partial charge in [-0.05, 0) is 24.6 Å². The summed E-state index contributed by atoms with van der Waals surface area (Å²) in [7, 11) is 0. The molecule has 0 bridgehead atoms. The average molecular weight is 187 g/mol. The first-order valence-electron chi connectivity index (χ1n) is 3.69. The van der Waals surface area contributed by atoms with Crippen molar-refractivity contribution in [1.82, 2.24) is 4.98 Å². The molecule has 0 saturated heterocycles. The molecule has 0 aliphatic rings. The third kappa shape index (κ3) is 2.31. The lowest BCUT2D eigenvalue weighted by atomic mass is 10.1. The standard InChI is InChI=1S/C9H8F3N/c1-2-8(9(10,11)12)7-3-5-13-6-4-7/h2-6H,1H3. The molecule has 1 nitrogen and oxygen atoms in total. The van der Waals surface area contributed by atoms with Crippen LogP contribution < -0.4 is 0 Å². The number of alkyl halides is 3. The summed E-state index contributed by atoms with van der Waals surface area (Å²) in [5, 5.41) is 0. The summed E-state index contributed by atoms with van der Waals surface area (Å²) in [6.45, 7) is 1.36. The Morgan fingerprint density at radius 3 is 2.23 bits per heavy atom. The number of rotatable bonds is 1. The maximum Gasteiger partial charge on any atom is 0.416 e. The summed E-state index contributed by atoms with van der Waals surface area (Å²) >= 11 is 0. The highest BCUT2D eigenvalue weighted by molar-refractivity contribution is 5.68. The van der Waals surface area contributed by atoms with Crippen LogP contribution in [-0.4, -0.2) is 11.2 Å². The Bertz CT molecular complexity index is 300. The van der Waals surface area contributed by atoms with Crippen molar-refractivity contribution >= 4 is 5.57 Å². The Labute approximate surface area is 73.9 Å². The fourth-order valence-corrected chi connectivity index (χ4v) is 1.03. The summed E-state index contributed by atoms with van der Waals surface area (Å²) in [5.41, 5.74) is -0.486. The Hall–Kier alpha value is -1.32. The van der Waals surface area contributed by atoms with E-state index in [0.717, 1.165) is 6.08 Å². The lowest BCUT2D eigenvalue weighted by Crippen LogP contribution is -2.10. The molecule has 1 rings (SSSR count). The van der Waals surface area contributed by atoms with Gasteiger partial charge in [-0.3, -0.25) is 4.98 Å². The highest BCUT2D eigenvalue weighted by atomic mass is 19.4. The molecule has 0 saturated carbocycles. The number of halogens is 3. The topological polar surface area (TPSA) is 12.9 Å². The normalized spacial score (nSPS) is 13.1. The molecule has 0 unspecified atom stereocenters. The molecule has 1 aromatic rings. The first-order chi connectivity index (χ1) is 6.05. The number of nitrogens with zero attached hydrogens (tertiary/aromatic N) is 1. The summed E-state index contributed by atoms with van der Waals surface area (Å²) in [4.78, 5) is 3.65. The minimum absolute atomic E-state index is 0.144. The zero-order valence-electron chi connectivity index (χ0n) is 6.97. The largest absolute Gasteiger partial charge is 0.416 e. The Balaban J connectivity index is 3.08. The Kier molecular flexibility index (Phi) is 2.70. The molecule has 1 heterocycles. The first-order valence-corrected chi connectivity index (χ1v) is 3.69. The van der Waals surface area contributed by atoms with Gasteiger partial charge in [0.05, 0.1) is 5.57 Å². The van der Waals surface area contributed by atoms with E-state index in [1.54, 1.807) is 0 Å². The van der Waals surface area contributed by atoms with E-state index in [1.807, 2.05) is 0 Å². The molecule has 1 aromatic heterocycles. The van der Waals surface area contributed by atoms with Crippen LogP contribution in [0.2, 0.25) is 0 Å². The second-order valence-corrected chi connectivity index (χ2v) is 2.44. The van der Waals surface area contributed by atoms with Crippen LogP contribution in [0.15, 0.2) is 30.6 Å². The first kappa shape index (κ1) is 9.77. The molecule has 0 atom stereocenters. The van der Waals surface area contributed by atoms with Crippen molar-refractivity contribution in [3.05, 3.63) is 36.2 Å². The monoisotopic (exact) mass is 187 g/mol. The SMILES string of the molecule is CC=C(c1ccncc1)C(F)(F)F. The van der Waals surface area contributed by atoms with Crippen molar-refractivity contribution in [2.75, 3.05) is 0 Å². The number of hydrogen-bond donors (Lipinski definition) is 0. The van der Waals surface area contributed by atoms with Crippen LogP contribution >= 0.6 is 0 Å². The van der Waals surface area contributed by atoms with Crippen molar-refractivity contribution in [3.8, 4) is 0 Å². The van der Waals surface area contributed by atoms with E-state index in [-0.39, 0.29) is 5.56 Å². The lowest BCUT2D eigenvalue weighted by molar-refractivity contribution is -0.0689. The molecule has 13 heavy (non-hydrogen) atoms. The molecule has 0 aliphatic carbocycles. The molecule has 0 fully saturated rings. The van der Waals surface area contributed by atoms with Crippen molar-refractivity contribution in [1.29, 1.82) is 0 Å². The van der Waals surface area contributed by atoms with E-state index in [2.05, 4.69) is 4.98 Å². The van der Waals surface area contributed by atoms with Gasteiger partial charge in [0, 0.05) is 12.4 Å². The minimum Gasteiger partial charge on any atom is -0.265 e.